The number of nitro benzene ring substituents is 1. The summed E-state index contributed by atoms with van der Waals surface area (Å²) in [6.07, 6.45) is 0. The van der Waals surface area contributed by atoms with Gasteiger partial charge in [-0.2, -0.15) is 0 Å². The Hall–Kier alpha value is -3.91. The first-order valence-corrected chi connectivity index (χ1v) is 11.5. The Labute approximate surface area is 204 Å². The Kier molecular flexibility index (Phi) is 7.62. The number of nitro groups is 1. The highest BCUT2D eigenvalue weighted by atomic mass is 16.6. The summed E-state index contributed by atoms with van der Waals surface area (Å²) < 4.78 is 11.1. The molecule has 8 heteroatoms. The van der Waals surface area contributed by atoms with E-state index in [4.69, 9.17) is 9.47 Å². The molecule has 1 aliphatic heterocycles. The van der Waals surface area contributed by atoms with Crippen molar-refractivity contribution < 1.29 is 19.2 Å². The number of carbonyl (C=O) groups excluding carboxylic acids is 1. The average Bonchev–Trinajstić information content (AvgIpc) is 2.87. The Morgan fingerprint density at radius 3 is 2.40 bits per heavy atom. The number of hydrogen-bond donors (Lipinski definition) is 0. The lowest BCUT2D eigenvalue weighted by molar-refractivity contribution is -0.385. The third kappa shape index (κ3) is 6.16. The lowest BCUT2D eigenvalue weighted by Gasteiger charge is -2.35. The Bertz CT molecular complexity index is 1200. The number of piperazine rings is 1. The molecule has 3 aromatic rings. The monoisotopic (exact) mass is 475 g/mol. The Morgan fingerprint density at radius 2 is 1.69 bits per heavy atom. The van der Waals surface area contributed by atoms with E-state index in [1.165, 1.54) is 11.6 Å². The zero-order valence-electron chi connectivity index (χ0n) is 20.0. The van der Waals surface area contributed by atoms with Crippen molar-refractivity contribution in [2.75, 3.05) is 33.3 Å². The molecule has 1 saturated heterocycles. The molecule has 0 aliphatic carbocycles. The summed E-state index contributed by atoms with van der Waals surface area (Å²) in [6.45, 7) is 5.75. The van der Waals surface area contributed by atoms with Crippen LogP contribution in [0.5, 0.6) is 11.5 Å². The lowest BCUT2D eigenvalue weighted by Crippen LogP contribution is -2.48. The zero-order valence-corrected chi connectivity index (χ0v) is 20.0. The number of methoxy groups -OCH3 is 1. The average molecular weight is 476 g/mol. The molecule has 1 fully saturated rings. The van der Waals surface area contributed by atoms with E-state index in [9.17, 15) is 14.9 Å². The van der Waals surface area contributed by atoms with E-state index in [0.29, 0.717) is 30.0 Å². The highest BCUT2D eigenvalue weighted by Crippen LogP contribution is 2.24. The van der Waals surface area contributed by atoms with Gasteiger partial charge in [-0.05, 0) is 54.4 Å². The van der Waals surface area contributed by atoms with E-state index in [1.54, 1.807) is 26.2 Å². The summed E-state index contributed by atoms with van der Waals surface area (Å²) in [5.74, 6) is 1.42. The fraction of sp³-hybridized carbons (Fsp3) is 0.296. The number of nitrogens with zero attached hydrogens (tertiary/aromatic N) is 3. The van der Waals surface area contributed by atoms with Gasteiger partial charge in [0.05, 0.1) is 12.0 Å². The van der Waals surface area contributed by atoms with E-state index in [0.717, 1.165) is 30.9 Å². The van der Waals surface area contributed by atoms with Crippen molar-refractivity contribution in [2.45, 2.75) is 20.1 Å². The molecule has 0 bridgehead atoms. The molecule has 0 unspecified atom stereocenters. The van der Waals surface area contributed by atoms with E-state index in [2.05, 4.69) is 11.0 Å². The molecule has 35 heavy (non-hydrogen) atoms. The first-order valence-electron chi connectivity index (χ1n) is 11.5. The van der Waals surface area contributed by atoms with Gasteiger partial charge in [0.25, 0.3) is 11.6 Å². The smallest absolute Gasteiger partial charge is 0.272 e. The predicted octanol–water partition coefficient (Wildman–Crippen LogP) is 4.45. The third-order valence-corrected chi connectivity index (χ3v) is 6.14. The number of carbonyl (C=O) groups is 1. The maximum absolute atomic E-state index is 13.1. The number of aryl methyl sites for hydroxylation is 1. The molecule has 0 radical (unpaired) electrons. The van der Waals surface area contributed by atoms with Gasteiger partial charge in [0, 0.05) is 49.9 Å². The van der Waals surface area contributed by atoms with E-state index >= 15 is 0 Å². The highest BCUT2D eigenvalue weighted by Gasteiger charge is 2.22. The van der Waals surface area contributed by atoms with Gasteiger partial charge in [-0.1, -0.05) is 24.3 Å². The summed E-state index contributed by atoms with van der Waals surface area (Å²) in [6, 6.07) is 20.2. The van der Waals surface area contributed by atoms with Crippen LogP contribution in [0.3, 0.4) is 0 Å². The quantitative estimate of drug-likeness (QED) is 0.354. The first-order chi connectivity index (χ1) is 16.9. The van der Waals surface area contributed by atoms with Gasteiger partial charge < -0.3 is 14.4 Å². The summed E-state index contributed by atoms with van der Waals surface area (Å²) >= 11 is 0. The van der Waals surface area contributed by atoms with E-state index in [1.807, 2.05) is 47.4 Å². The van der Waals surface area contributed by atoms with Gasteiger partial charge in [0.15, 0.2) is 0 Å². The van der Waals surface area contributed by atoms with Crippen molar-refractivity contribution in [1.29, 1.82) is 0 Å². The second-order valence-corrected chi connectivity index (χ2v) is 8.61. The van der Waals surface area contributed by atoms with Crippen LogP contribution in [0.15, 0.2) is 66.7 Å². The minimum absolute atomic E-state index is 0.0130. The van der Waals surface area contributed by atoms with Crippen LogP contribution in [0.25, 0.3) is 0 Å². The van der Waals surface area contributed by atoms with Gasteiger partial charge in [-0.25, -0.2) is 0 Å². The van der Waals surface area contributed by atoms with Gasteiger partial charge in [-0.3, -0.25) is 19.8 Å². The summed E-state index contributed by atoms with van der Waals surface area (Å²) in [5.41, 5.74) is 3.30. The minimum Gasteiger partial charge on any atom is -0.497 e. The van der Waals surface area contributed by atoms with Gasteiger partial charge in [0.1, 0.15) is 18.1 Å². The van der Waals surface area contributed by atoms with Crippen LogP contribution in [-0.4, -0.2) is 53.9 Å². The molecule has 0 spiro atoms. The van der Waals surface area contributed by atoms with Crippen LogP contribution in [0.1, 0.15) is 27.0 Å². The van der Waals surface area contributed by atoms with Crippen LogP contribution >= 0.6 is 0 Å². The molecule has 8 nitrogen and oxygen atoms in total. The molecule has 0 atom stereocenters. The number of rotatable bonds is 8. The van der Waals surface area contributed by atoms with Crippen molar-refractivity contribution in [2.24, 2.45) is 0 Å². The fourth-order valence-electron chi connectivity index (χ4n) is 4.20. The highest BCUT2D eigenvalue weighted by molar-refractivity contribution is 5.94. The van der Waals surface area contributed by atoms with Gasteiger partial charge in [-0.15, -0.1) is 0 Å². The molecule has 0 N–H and O–H groups in total. The molecule has 0 aromatic heterocycles. The second-order valence-electron chi connectivity index (χ2n) is 8.61. The fourth-order valence-corrected chi connectivity index (χ4v) is 4.20. The number of amides is 1. The maximum atomic E-state index is 13.1. The molecule has 1 amide bonds. The molecular formula is C27H29N3O5. The Balaban J connectivity index is 1.31. The van der Waals surface area contributed by atoms with Crippen LogP contribution < -0.4 is 9.47 Å². The largest absolute Gasteiger partial charge is 0.497 e. The molecule has 182 valence electrons. The molecule has 4 rings (SSSR count). The normalized spacial score (nSPS) is 13.9. The van der Waals surface area contributed by atoms with Crippen molar-refractivity contribution in [3.8, 4) is 11.5 Å². The predicted molar refractivity (Wildman–Crippen MR) is 133 cm³/mol. The standard InChI is InChI=1S/C27H29N3O5/c1-20-15-25(9-10-26(20)30(32)33)35-19-22-6-3-7-23(16-22)27(31)29-13-11-28(12-14-29)18-21-5-4-8-24(17-21)34-2/h3-10,15-17H,11-14,18-19H2,1-2H3. The van der Waals surface area contributed by atoms with Crippen LogP contribution in [0.2, 0.25) is 0 Å². The van der Waals surface area contributed by atoms with E-state index < -0.39 is 4.92 Å². The van der Waals surface area contributed by atoms with Crippen LogP contribution in [0.4, 0.5) is 5.69 Å². The Morgan fingerprint density at radius 1 is 0.943 bits per heavy atom. The third-order valence-electron chi connectivity index (χ3n) is 6.14. The number of hydrogen-bond acceptors (Lipinski definition) is 6. The SMILES string of the molecule is COc1cccc(CN2CCN(C(=O)c3cccc(COc4ccc([N+](=O)[O-])c(C)c4)c3)CC2)c1. The van der Waals surface area contributed by atoms with Crippen molar-refractivity contribution >= 4 is 11.6 Å². The molecule has 1 aliphatic rings. The molecule has 3 aromatic carbocycles. The van der Waals surface area contributed by atoms with Crippen molar-refractivity contribution in [3.63, 3.8) is 0 Å². The van der Waals surface area contributed by atoms with Gasteiger partial charge in [0.2, 0.25) is 0 Å². The topological polar surface area (TPSA) is 85.2 Å². The van der Waals surface area contributed by atoms with Crippen molar-refractivity contribution in [3.05, 3.63) is 99.1 Å². The van der Waals surface area contributed by atoms with Crippen LogP contribution in [0, 0.1) is 17.0 Å². The van der Waals surface area contributed by atoms with E-state index in [-0.39, 0.29) is 18.2 Å². The molecular weight excluding hydrogens is 446 g/mol. The minimum atomic E-state index is -0.410. The molecule has 1 heterocycles. The van der Waals surface area contributed by atoms with Gasteiger partial charge >= 0.3 is 0 Å². The zero-order chi connectivity index (χ0) is 24.8. The maximum Gasteiger partial charge on any atom is 0.272 e. The lowest BCUT2D eigenvalue weighted by atomic mass is 10.1. The summed E-state index contributed by atoms with van der Waals surface area (Å²) in [5, 5.41) is 11.0. The first kappa shape index (κ1) is 24.2. The second kappa shape index (κ2) is 11.0. The number of ether oxygens (including phenoxy) is 2. The summed E-state index contributed by atoms with van der Waals surface area (Å²) in [7, 11) is 1.67. The van der Waals surface area contributed by atoms with Crippen molar-refractivity contribution in [1.82, 2.24) is 9.80 Å². The summed E-state index contributed by atoms with van der Waals surface area (Å²) in [4.78, 5) is 27.9. The number of benzene rings is 3. The molecule has 0 saturated carbocycles. The van der Waals surface area contributed by atoms with Crippen LogP contribution in [-0.2, 0) is 13.2 Å².